The van der Waals surface area contributed by atoms with Crippen LogP contribution in [0.5, 0.6) is 5.75 Å². The molecule has 3 atom stereocenters. The van der Waals surface area contributed by atoms with Crippen molar-refractivity contribution in [1.29, 1.82) is 0 Å². The van der Waals surface area contributed by atoms with Crippen LogP contribution >= 0.6 is 27.5 Å². The molecule has 3 aromatic rings. The fourth-order valence-electron chi connectivity index (χ4n) is 4.33. The number of rotatable bonds is 3. The van der Waals surface area contributed by atoms with E-state index in [2.05, 4.69) is 15.9 Å². The molecule has 0 bridgehead atoms. The molecule has 2 heterocycles. The van der Waals surface area contributed by atoms with Crippen molar-refractivity contribution in [3.8, 4) is 5.75 Å². The van der Waals surface area contributed by atoms with Gasteiger partial charge in [-0.3, -0.25) is 14.4 Å². The topological polar surface area (TPSA) is 70.1 Å². The number of carbonyl (C=O) groups is 2. The number of anilines is 2. The summed E-state index contributed by atoms with van der Waals surface area (Å²) >= 11 is 9.47. The van der Waals surface area contributed by atoms with Gasteiger partial charge in [0.1, 0.15) is 11.7 Å². The highest BCUT2D eigenvalue weighted by Gasteiger charge is 2.60. The number of carbonyl (C=O) groups excluding carboxylic acids is 2. The van der Waals surface area contributed by atoms with Crippen molar-refractivity contribution < 1.29 is 19.5 Å². The van der Waals surface area contributed by atoms with Crippen molar-refractivity contribution in [3.63, 3.8) is 0 Å². The summed E-state index contributed by atoms with van der Waals surface area (Å²) in [5, 5.41) is 12.7. The van der Waals surface area contributed by atoms with E-state index in [0.717, 1.165) is 10.0 Å². The highest BCUT2D eigenvalue weighted by Crippen LogP contribution is 2.49. The average Bonchev–Trinajstić information content (AvgIpc) is 3.26. The van der Waals surface area contributed by atoms with Crippen LogP contribution in [0.15, 0.2) is 71.2 Å². The van der Waals surface area contributed by atoms with Crippen molar-refractivity contribution >= 4 is 50.7 Å². The molecule has 6 nitrogen and oxygen atoms in total. The number of phenolic OH excluding ortho intramolecular Hbond substituents is 1. The van der Waals surface area contributed by atoms with Gasteiger partial charge in [0.25, 0.3) is 5.91 Å². The minimum atomic E-state index is -1.01. The summed E-state index contributed by atoms with van der Waals surface area (Å²) in [6.07, 6.45) is -1.01. The SMILES string of the molecule is Cc1cccc(N2C(=O)C3ON(c4ccc(Cl)cc4)C(c4cc(Br)ccc4O)C3C2=O)c1. The van der Waals surface area contributed by atoms with Gasteiger partial charge in [-0.05, 0) is 67.1 Å². The van der Waals surface area contributed by atoms with E-state index in [1.165, 1.54) is 9.96 Å². The number of halogens is 2. The Balaban J connectivity index is 1.62. The van der Waals surface area contributed by atoms with Crippen molar-refractivity contribution in [2.45, 2.75) is 19.1 Å². The van der Waals surface area contributed by atoms with E-state index in [1.54, 1.807) is 60.7 Å². The lowest BCUT2D eigenvalue weighted by Gasteiger charge is -2.29. The second kappa shape index (κ2) is 7.92. The molecule has 3 aromatic carbocycles. The minimum Gasteiger partial charge on any atom is -0.508 e. The summed E-state index contributed by atoms with van der Waals surface area (Å²) in [6.45, 7) is 1.90. The molecule has 2 amide bonds. The first kappa shape index (κ1) is 21.0. The Hall–Kier alpha value is -2.87. The Morgan fingerprint density at radius 1 is 0.969 bits per heavy atom. The molecule has 2 aliphatic heterocycles. The number of hydrogen-bond donors (Lipinski definition) is 1. The fourth-order valence-corrected chi connectivity index (χ4v) is 4.83. The van der Waals surface area contributed by atoms with Gasteiger partial charge in [0.05, 0.1) is 17.4 Å². The van der Waals surface area contributed by atoms with E-state index in [0.29, 0.717) is 22.0 Å². The number of hydrogen-bond acceptors (Lipinski definition) is 5. The van der Waals surface area contributed by atoms with Crippen LogP contribution in [-0.4, -0.2) is 23.0 Å². The zero-order valence-electron chi connectivity index (χ0n) is 16.9. The minimum absolute atomic E-state index is 0.00988. The molecule has 3 unspecified atom stereocenters. The molecule has 0 radical (unpaired) electrons. The van der Waals surface area contributed by atoms with E-state index in [1.807, 2.05) is 13.0 Å². The number of benzene rings is 3. The standard InChI is InChI=1S/C24H18BrClN2O4/c1-13-3-2-4-17(11-13)27-23(30)20-21(18-12-14(25)5-10-19(18)29)28(32-22(20)24(27)31)16-8-6-15(26)7-9-16/h2-12,20-22,29H,1H3. The molecular weight excluding hydrogens is 496 g/mol. The molecule has 8 heteroatoms. The normalized spacial score (nSPS) is 22.5. The second-order valence-corrected chi connectivity index (χ2v) is 9.20. The van der Waals surface area contributed by atoms with E-state index >= 15 is 0 Å². The fraction of sp³-hybridized carbons (Fsp3) is 0.167. The molecule has 0 aliphatic carbocycles. The number of fused-ring (bicyclic) bond motifs is 1. The largest absolute Gasteiger partial charge is 0.508 e. The Labute approximate surface area is 198 Å². The Bertz CT molecular complexity index is 1230. The number of hydroxylamine groups is 1. The molecule has 0 aromatic heterocycles. The van der Waals surface area contributed by atoms with Crippen LogP contribution < -0.4 is 9.96 Å². The van der Waals surface area contributed by atoms with Crippen molar-refractivity contribution in [1.82, 2.24) is 0 Å². The van der Waals surface area contributed by atoms with Crippen molar-refractivity contribution in [2.24, 2.45) is 5.92 Å². The number of phenols is 1. The van der Waals surface area contributed by atoms with E-state index in [-0.39, 0.29) is 11.7 Å². The maximum atomic E-state index is 13.6. The Kier molecular flexibility index (Phi) is 5.20. The summed E-state index contributed by atoms with van der Waals surface area (Å²) in [6, 6.07) is 18.4. The smallest absolute Gasteiger partial charge is 0.266 e. The third-order valence-electron chi connectivity index (χ3n) is 5.76. The highest BCUT2D eigenvalue weighted by molar-refractivity contribution is 9.10. The van der Waals surface area contributed by atoms with Crippen molar-refractivity contribution in [2.75, 3.05) is 9.96 Å². The van der Waals surface area contributed by atoms with Gasteiger partial charge in [0.2, 0.25) is 5.91 Å². The highest BCUT2D eigenvalue weighted by atomic mass is 79.9. The van der Waals surface area contributed by atoms with Gasteiger partial charge in [0.15, 0.2) is 6.10 Å². The van der Waals surface area contributed by atoms with Crippen LogP contribution in [0.25, 0.3) is 0 Å². The predicted octanol–water partition coefficient (Wildman–Crippen LogP) is 5.17. The number of aryl methyl sites for hydroxylation is 1. The summed E-state index contributed by atoms with van der Waals surface area (Å²) in [7, 11) is 0. The molecule has 162 valence electrons. The summed E-state index contributed by atoms with van der Waals surface area (Å²) in [5.74, 6) is -1.62. The van der Waals surface area contributed by atoms with Crippen LogP contribution in [0.3, 0.4) is 0 Å². The van der Waals surface area contributed by atoms with Gasteiger partial charge < -0.3 is 5.11 Å². The van der Waals surface area contributed by atoms with Crippen LogP contribution in [-0.2, 0) is 14.4 Å². The molecule has 2 fully saturated rings. The quantitative estimate of drug-likeness (QED) is 0.490. The predicted molar refractivity (Wildman–Crippen MR) is 125 cm³/mol. The maximum Gasteiger partial charge on any atom is 0.266 e. The second-order valence-electron chi connectivity index (χ2n) is 7.85. The molecule has 32 heavy (non-hydrogen) atoms. The van der Waals surface area contributed by atoms with Crippen molar-refractivity contribution in [3.05, 3.63) is 87.4 Å². The molecule has 5 rings (SSSR count). The molecule has 2 saturated heterocycles. The average molecular weight is 514 g/mol. The summed E-state index contributed by atoms with van der Waals surface area (Å²) in [5.41, 5.74) is 2.54. The van der Waals surface area contributed by atoms with E-state index in [9.17, 15) is 14.7 Å². The molecule has 0 saturated carbocycles. The van der Waals surface area contributed by atoms with Gasteiger partial charge in [-0.2, -0.15) is 0 Å². The lowest BCUT2D eigenvalue weighted by atomic mass is 9.90. The number of imide groups is 1. The lowest BCUT2D eigenvalue weighted by molar-refractivity contribution is -0.126. The van der Waals surface area contributed by atoms with E-state index < -0.39 is 24.0 Å². The van der Waals surface area contributed by atoms with Crippen LogP contribution in [0.4, 0.5) is 11.4 Å². The zero-order valence-corrected chi connectivity index (χ0v) is 19.2. The van der Waals surface area contributed by atoms with Gasteiger partial charge in [-0.15, -0.1) is 0 Å². The molecular formula is C24H18BrClN2O4. The first-order chi connectivity index (χ1) is 15.3. The summed E-state index contributed by atoms with van der Waals surface area (Å²) in [4.78, 5) is 34.2. The van der Waals surface area contributed by atoms with E-state index in [4.69, 9.17) is 16.4 Å². The third kappa shape index (κ3) is 3.37. The molecule has 1 N–H and O–H groups in total. The molecule has 0 spiro atoms. The van der Waals surface area contributed by atoms with Crippen LogP contribution in [0.2, 0.25) is 5.02 Å². The van der Waals surface area contributed by atoms with Gasteiger partial charge in [-0.25, -0.2) is 9.96 Å². The first-order valence-electron chi connectivity index (χ1n) is 9.99. The lowest BCUT2D eigenvalue weighted by Crippen LogP contribution is -2.37. The molecule has 2 aliphatic rings. The Morgan fingerprint density at radius 3 is 2.44 bits per heavy atom. The first-order valence-corrected chi connectivity index (χ1v) is 11.2. The third-order valence-corrected chi connectivity index (χ3v) is 6.51. The monoisotopic (exact) mass is 512 g/mol. The number of amides is 2. The zero-order chi connectivity index (χ0) is 22.6. The Morgan fingerprint density at radius 2 is 1.72 bits per heavy atom. The van der Waals surface area contributed by atoms with Crippen LogP contribution in [0.1, 0.15) is 17.2 Å². The van der Waals surface area contributed by atoms with Gasteiger partial charge >= 0.3 is 0 Å². The number of aromatic hydroxyl groups is 1. The van der Waals surface area contributed by atoms with Crippen LogP contribution in [0, 0.1) is 12.8 Å². The van der Waals surface area contributed by atoms with Gasteiger partial charge in [0, 0.05) is 15.1 Å². The maximum absolute atomic E-state index is 13.6. The van der Waals surface area contributed by atoms with Gasteiger partial charge in [-0.1, -0.05) is 39.7 Å². The summed E-state index contributed by atoms with van der Waals surface area (Å²) < 4.78 is 0.733. The number of nitrogens with zero attached hydrogens (tertiary/aromatic N) is 2.